The highest BCUT2D eigenvalue weighted by atomic mass is 32.2. The maximum Gasteiger partial charge on any atom is 0.267 e. The van der Waals surface area contributed by atoms with Crippen molar-refractivity contribution in [1.29, 1.82) is 0 Å². The van der Waals surface area contributed by atoms with Gasteiger partial charge >= 0.3 is 0 Å². The molecule has 0 aliphatic rings. The average Bonchev–Trinajstić information content (AvgIpc) is 2.37. The maximum atomic E-state index is 11.4. The Balaban J connectivity index is 4.04. The van der Waals surface area contributed by atoms with Crippen LogP contribution in [0, 0.1) is 0 Å². The Hall–Kier alpha value is -0.130. The zero-order chi connectivity index (χ0) is 15.4. The van der Waals surface area contributed by atoms with Gasteiger partial charge in [-0.25, -0.2) is 0 Å². The molecule has 0 amide bonds. The third kappa shape index (κ3) is 10.6. The van der Waals surface area contributed by atoms with Crippen LogP contribution in [-0.2, 0) is 10.1 Å². The molecule has 2 unspecified atom stereocenters. The van der Waals surface area contributed by atoms with Crippen LogP contribution in [0.15, 0.2) is 0 Å². The van der Waals surface area contributed by atoms with E-state index in [1.54, 1.807) is 0 Å². The molecule has 0 aromatic heterocycles. The topological polar surface area (TPSA) is 74.6 Å². The number of hydrogen-bond donors (Lipinski definition) is 2. The lowest BCUT2D eigenvalue weighted by atomic mass is 10.0. The second kappa shape index (κ2) is 11.5. The van der Waals surface area contributed by atoms with E-state index in [-0.39, 0.29) is 6.42 Å². The second-order valence-electron chi connectivity index (χ2n) is 5.73. The van der Waals surface area contributed by atoms with Gasteiger partial charge < -0.3 is 5.11 Å². The largest absolute Gasteiger partial charge is 0.393 e. The minimum Gasteiger partial charge on any atom is -0.393 e. The summed E-state index contributed by atoms with van der Waals surface area (Å²) in [5, 5.41) is 9.01. The first-order valence-corrected chi connectivity index (χ1v) is 9.56. The van der Waals surface area contributed by atoms with Gasteiger partial charge in [-0.2, -0.15) is 8.42 Å². The normalized spacial score (nSPS) is 15.2. The molecular weight excluding hydrogens is 276 g/mol. The summed E-state index contributed by atoms with van der Waals surface area (Å²) >= 11 is 0. The van der Waals surface area contributed by atoms with Crippen molar-refractivity contribution in [2.75, 3.05) is 0 Å². The Morgan fingerprint density at radius 2 is 1.40 bits per heavy atom. The molecule has 2 N–H and O–H groups in total. The quantitative estimate of drug-likeness (QED) is 0.399. The van der Waals surface area contributed by atoms with Gasteiger partial charge in [0.05, 0.1) is 11.4 Å². The zero-order valence-corrected chi connectivity index (χ0v) is 13.9. The Kier molecular flexibility index (Phi) is 11.4. The van der Waals surface area contributed by atoms with Crippen LogP contribution in [0.25, 0.3) is 0 Å². The molecule has 0 rings (SSSR count). The summed E-state index contributed by atoms with van der Waals surface area (Å²) in [6.45, 7) is 4.19. The summed E-state index contributed by atoms with van der Waals surface area (Å²) < 4.78 is 32.0. The van der Waals surface area contributed by atoms with Crippen molar-refractivity contribution < 1.29 is 18.1 Å². The first-order valence-electron chi connectivity index (χ1n) is 8.06. The summed E-state index contributed by atoms with van der Waals surface area (Å²) in [6, 6.07) is 0. The number of aliphatic hydroxyl groups is 1. The van der Waals surface area contributed by atoms with E-state index in [1.165, 1.54) is 19.3 Å². The van der Waals surface area contributed by atoms with E-state index in [2.05, 4.69) is 6.92 Å². The van der Waals surface area contributed by atoms with E-state index in [1.807, 2.05) is 6.92 Å². The molecule has 5 heteroatoms. The SMILES string of the molecule is CCCCCCCCC(CC(O)CCCC)S(=O)(=O)O. The molecule has 0 fully saturated rings. The molecule has 0 spiro atoms. The highest BCUT2D eigenvalue weighted by molar-refractivity contribution is 7.86. The Morgan fingerprint density at radius 3 is 1.95 bits per heavy atom. The predicted octanol–water partition coefficient (Wildman–Crippen LogP) is 3.93. The van der Waals surface area contributed by atoms with E-state index >= 15 is 0 Å². The van der Waals surface area contributed by atoms with Crippen LogP contribution < -0.4 is 0 Å². The van der Waals surface area contributed by atoms with E-state index < -0.39 is 21.5 Å². The fourth-order valence-corrected chi connectivity index (χ4v) is 3.33. The van der Waals surface area contributed by atoms with E-state index in [0.29, 0.717) is 12.8 Å². The maximum absolute atomic E-state index is 11.4. The lowest BCUT2D eigenvalue weighted by Crippen LogP contribution is -2.26. The van der Waals surface area contributed by atoms with Gasteiger partial charge in [0.2, 0.25) is 0 Å². The van der Waals surface area contributed by atoms with E-state index in [0.717, 1.165) is 32.1 Å². The Bertz CT molecular complexity index is 314. The van der Waals surface area contributed by atoms with E-state index in [9.17, 15) is 18.1 Å². The summed E-state index contributed by atoms with van der Waals surface area (Å²) in [6.07, 6.45) is 8.97. The molecule has 4 nitrogen and oxygen atoms in total. The summed E-state index contributed by atoms with van der Waals surface area (Å²) in [4.78, 5) is 0. The molecule has 122 valence electrons. The predicted molar refractivity (Wildman–Crippen MR) is 83.5 cm³/mol. The van der Waals surface area contributed by atoms with Crippen LogP contribution in [0.4, 0.5) is 0 Å². The smallest absolute Gasteiger partial charge is 0.267 e. The van der Waals surface area contributed by atoms with Crippen molar-refractivity contribution in [2.45, 2.75) is 95.8 Å². The van der Waals surface area contributed by atoms with Gasteiger partial charge in [-0.3, -0.25) is 4.55 Å². The van der Waals surface area contributed by atoms with Crippen molar-refractivity contribution in [3.8, 4) is 0 Å². The molecule has 2 atom stereocenters. The molecule has 0 heterocycles. The third-order valence-corrected chi connectivity index (χ3v) is 5.00. The highest BCUT2D eigenvalue weighted by Crippen LogP contribution is 2.19. The van der Waals surface area contributed by atoms with Crippen LogP contribution in [0.3, 0.4) is 0 Å². The monoisotopic (exact) mass is 308 g/mol. The second-order valence-corrected chi connectivity index (χ2v) is 7.42. The standard InChI is InChI=1S/C15H32O4S/c1-3-5-7-8-9-10-12-15(20(17,18)19)13-14(16)11-6-4-2/h14-16H,3-13H2,1-2H3,(H,17,18,19). The average molecular weight is 308 g/mol. The van der Waals surface area contributed by atoms with Crippen molar-refractivity contribution in [1.82, 2.24) is 0 Å². The molecule has 0 bridgehead atoms. The number of rotatable bonds is 13. The van der Waals surface area contributed by atoms with Crippen LogP contribution in [0.2, 0.25) is 0 Å². The van der Waals surface area contributed by atoms with Crippen LogP contribution >= 0.6 is 0 Å². The van der Waals surface area contributed by atoms with Crippen LogP contribution in [-0.4, -0.2) is 29.4 Å². The van der Waals surface area contributed by atoms with Crippen molar-refractivity contribution >= 4 is 10.1 Å². The minimum atomic E-state index is -4.04. The van der Waals surface area contributed by atoms with Gasteiger partial charge in [-0.1, -0.05) is 65.2 Å². The highest BCUT2D eigenvalue weighted by Gasteiger charge is 2.25. The molecule has 0 saturated heterocycles. The molecule has 0 aromatic rings. The van der Waals surface area contributed by atoms with Gasteiger partial charge in [0.25, 0.3) is 10.1 Å². The lowest BCUT2D eigenvalue weighted by Gasteiger charge is -2.17. The van der Waals surface area contributed by atoms with Gasteiger partial charge in [-0.15, -0.1) is 0 Å². The molecule has 0 aliphatic heterocycles. The Morgan fingerprint density at radius 1 is 0.850 bits per heavy atom. The molecule has 0 saturated carbocycles. The zero-order valence-electron chi connectivity index (χ0n) is 13.1. The molecule has 0 aliphatic carbocycles. The van der Waals surface area contributed by atoms with Gasteiger partial charge in [0, 0.05) is 0 Å². The Labute approximate surface area is 124 Å². The molecule has 0 aromatic carbocycles. The van der Waals surface area contributed by atoms with Crippen LogP contribution in [0.1, 0.15) is 84.5 Å². The fraction of sp³-hybridized carbons (Fsp3) is 1.00. The lowest BCUT2D eigenvalue weighted by molar-refractivity contribution is 0.147. The van der Waals surface area contributed by atoms with Crippen molar-refractivity contribution in [3.63, 3.8) is 0 Å². The van der Waals surface area contributed by atoms with Crippen molar-refractivity contribution in [2.24, 2.45) is 0 Å². The molecule has 0 radical (unpaired) electrons. The van der Waals surface area contributed by atoms with Crippen LogP contribution in [0.5, 0.6) is 0 Å². The summed E-state index contributed by atoms with van der Waals surface area (Å²) in [7, 11) is -4.04. The molecular formula is C15H32O4S. The number of unbranched alkanes of at least 4 members (excludes halogenated alkanes) is 6. The minimum absolute atomic E-state index is 0.161. The van der Waals surface area contributed by atoms with Gasteiger partial charge in [0.1, 0.15) is 0 Å². The van der Waals surface area contributed by atoms with E-state index in [4.69, 9.17) is 0 Å². The van der Waals surface area contributed by atoms with Gasteiger partial charge in [0.15, 0.2) is 0 Å². The van der Waals surface area contributed by atoms with Crippen molar-refractivity contribution in [3.05, 3.63) is 0 Å². The first-order chi connectivity index (χ1) is 9.41. The first kappa shape index (κ1) is 19.9. The number of hydrogen-bond acceptors (Lipinski definition) is 3. The summed E-state index contributed by atoms with van der Waals surface area (Å²) in [5.41, 5.74) is 0. The third-order valence-electron chi connectivity index (χ3n) is 3.73. The summed E-state index contributed by atoms with van der Waals surface area (Å²) in [5.74, 6) is 0. The fourth-order valence-electron chi connectivity index (χ4n) is 2.40. The molecule has 20 heavy (non-hydrogen) atoms. The van der Waals surface area contributed by atoms with Gasteiger partial charge in [-0.05, 0) is 19.3 Å². The number of aliphatic hydroxyl groups excluding tert-OH is 1.